The summed E-state index contributed by atoms with van der Waals surface area (Å²) in [5.41, 5.74) is 3.01. The number of aromatic nitrogens is 1. The Hall–Kier alpha value is -2.10. The van der Waals surface area contributed by atoms with Gasteiger partial charge in [-0.2, -0.15) is 0 Å². The monoisotopic (exact) mass is 314 g/mol. The Morgan fingerprint density at radius 2 is 1.87 bits per heavy atom. The van der Waals surface area contributed by atoms with E-state index in [2.05, 4.69) is 31.1 Å². The molecule has 0 aliphatic carbocycles. The van der Waals surface area contributed by atoms with E-state index in [-0.39, 0.29) is 22.4 Å². The van der Waals surface area contributed by atoms with Gasteiger partial charge in [-0.15, -0.1) is 0 Å². The minimum atomic E-state index is -0.335. The number of carbonyl (C=O) groups is 1. The second kappa shape index (κ2) is 6.57. The van der Waals surface area contributed by atoms with Gasteiger partial charge in [0.25, 0.3) is 11.5 Å². The van der Waals surface area contributed by atoms with Crippen molar-refractivity contribution in [3.05, 3.63) is 45.2 Å². The molecule has 4 nitrogen and oxygen atoms in total. The summed E-state index contributed by atoms with van der Waals surface area (Å²) in [6.07, 6.45) is 1.93. The Kier molecular flexibility index (Phi) is 4.93. The fourth-order valence-corrected chi connectivity index (χ4v) is 2.77. The van der Waals surface area contributed by atoms with Gasteiger partial charge in [0, 0.05) is 6.54 Å². The zero-order valence-electron chi connectivity index (χ0n) is 14.7. The van der Waals surface area contributed by atoms with Crippen molar-refractivity contribution in [2.24, 2.45) is 5.41 Å². The molecule has 4 heteroatoms. The number of H-pyrrole nitrogens is 1. The van der Waals surface area contributed by atoms with Gasteiger partial charge in [-0.3, -0.25) is 9.59 Å². The molecule has 0 radical (unpaired) electrons. The highest BCUT2D eigenvalue weighted by Crippen LogP contribution is 2.20. The molecule has 2 N–H and O–H groups in total. The first-order valence-corrected chi connectivity index (χ1v) is 8.10. The quantitative estimate of drug-likeness (QED) is 0.845. The molecule has 0 atom stereocenters. The molecule has 2 aromatic rings. The summed E-state index contributed by atoms with van der Waals surface area (Å²) in [6.45, 7) is 11.1. The maximum absolute atomic E-state index is 12.3. The van der Waals surface area contributed by atoms with Crippen LogP contribution >= 0.6 is 0 Å². The van der Waals surface area contributed by atoms with Crippen LogP contribution in [0.15, 0.2) is 23.0 Å². The van der Waals surface area contributed by atoms with E-state index in [1.807, 2.05) is 26.0 Å². The number of carbonyl (C=O) groups excluding carboxylic acids is 1. The summed E-state index contributed by atoms with van der Waals surface area (Å²) < 4.78 is 0. The molecule has 2 rings (SSSR count). The van der Waals surface area contributed by atoms with Crippen LogP contribution in [0.3, 0.4) is 0 Å². The van der Waals surface area contributed by atoms with Crippen molar-refractivity contribution in [2.45, 2.75) is 47.5 Å². The minimum Gasteiger partial charge on any atom is -0.352 e. The van der Waals surface area contributed by atoms with E-state index < -0.39 is 0 Å². The lowest BCUT2D eigenvalue weighted by Gasteiger charge is -2.17. The molecule has 0 saturated carbocycles. The highest BCUT2D eigenvalue weighted by atomic mass is 16.2. The Labute approximate surface area is 137 Å². The second-order valence-electron chi connectivity index (χ2n) is 7.48. The van der Waals surface area contributed by atoms with Crippen LogP contribution < -0.4 is 10.9 Å². The molecule has 0 bridgehead atoms. The third kappa shape index (κ3) is 4.44. The van der Waals surface area contributed by atoms with Crippen LogP contribution in [-0.4, -0.2) is 17.4 Å². The molecule has 0 spiro atoms. The van der Waals surface area contributed by atoms with Gasteiger partial charge in [-0.05, 0) is 55.2 Å². The van der Waals surface area contributed by atoms with Gasteiger partial charge in [0.2, 0.25) is 0 Å². The van der Waals surface area contributed by atoms with Gasteiger partial charge in [0.1, 0.15) is 5.56 Å². The Morgan fingerprint density at radius 1 is 1.17 bits per heavy atom. The smallest absolute Gasteiger partial charge is 0.261 e. The molecular formula is C19H26N2O2. The molecule has 1 aromatic heterocycles. The van der Waals surface area contributed by atoms with Gasteiger partial charge < -0.3 is 10.3 Å². The summed E-state index contributed by atoms with van der Waals surface area (Å²) in [5, 5.41) is 3.74. The topological polar surface area (TPSA) is 62.0 Å². The molecular weight excluding hydrogens is 288 g/mol. The fourth-order valence-electron chi connectivity index (χ4n) is 2.77. The lowest BCUT2D eigenvalue weighted by Crippen LogP contribution is -2.30. The van der Waals surface area contributed by atoms with Crippen molar-refractivity contribution in [2.75, 3.05) is 6.54 Å². The lowest BCUT2D eigenvalue weighted by molar-refractivity contribution is 0.0950. The molecule has 0 saturated heterocycles. The van der Waals surface area contributed by atoms with Crippen molar-refractivity contribution >= 4 is 16.8 Å². The molecule has 1 aromatic carbocycles. The van der Waals surface area contributed by atoms with Crippen molar-refractivity contribution in [1.82, 2.24) is 10.3 Å². The number of benzene rings is 1. The number of aryl methyl sites for hydroxylation is 2. The van der Waals surface area contributed by atoms with E-state index in [0.29, 0.717) is 6.54 Å². The highest BCUT2D eigenvalue weighted by Gasteiger charge is 2.14. The van der Waals surface area contributed by atoms with E-state index in [4.69, 9.17) is 0 Å². The fraction of sp³-hybridized carbons (Fsp3) is 0.474. The Balaban J connectivity index is 2.17. The van der Waals surface area contributed by atoms with Crippen LogP contribution in [0.4, 0.5) is 0 Å². The number of fused-ring (bicyclic) bond motifs is 1. The number of nitrogens with one attached hydrogen (secondary N) is 2. The summed E-state index contributed by atoms with van der Waals surface area (Å²) in [6, 6.07) is 5.69. The maximum Gasteiger partial charge on any atom is 0.261 e. The van der Waals surface area contributed by atoms with Crippen LogP contribution in [0.2, 0.25) is 0 Å². The van der Waals surface area contributed by atoms with Gasteiger partial charge in [-0.25, -0.2) is 0 Å². The first-order chi connectivity index (χ1) is 10.7. The summed E-state index contributed by atoms with van der Waals surface area (Å²) in [4.78, 5) is 27.3. The summed E-state index contributed by atoms with van der Waals surface area (Å²) >= 11 is 0. The third-order valence-electron chi connectivity index (χ3n) is 3.93. The van der Waals surface area contributed by atoms with E-state index in [1.165, 1.54) is 0 Å². The van der Waals surface area contributed by atoms with Gasteiger partial charge in [0.15, 0.2) is 0 Å². The molecule has 124 valence electrons. The normalized spacial score (nSPS) is 11.7. The average Bonchev–Trinajstić information content (AvgIpc) is 2.42. The van der Waals surface area contributed by atoms with Crippen molar-refractivity contribution in [1.29, 1.82) is 0 Å². The predicted octanol–water partition coefficient (Wildman–Crippen LogP) is 3.70. The Morgan fingerprint density at radius 3 is 2.52 bits per heavy atom. The zero-order valence-corrected chi connectivity index (χ0v) is 14.7. The molecule has 1 amide bonds. The minimum absolute atomic E-state index is 0.179. The summed E-state index contributed by atoms with van der Waals surface area (Å²) in [7, 11) is 0. The van der Waals surface area contributed by atoms with Crippen LogP contribution in [0.5, 0.6) is 0 Å². The first kappa shape index (κ1) is 17.3. The van der Waals surface area contributed by atoms with Crippen LogP contribution in [0.1, 0.15) is 55.1 Å². The standard InChI is InChI=1S/C19H26N2O2/c1-12-9-13(2)16-14(10-12)11-15(18(23)21-16)17(22)20-8-6-7-19(3,4)5/h9-11H,6-8H2,1-5H3,(H,20,22)(H,21,23). The molecule has 0 fully saturated rings. The van der Waals surface area contributed by atoms with Crippen molar-refractivity contribution in [3.63, 3.8) is 0 Å². The van der Waals surface area contributed by atoms with Crippen molar-refractivity contribution in [3.8, 4) is 0 Å². The lowest BCUT2D eigenvalue weighted by atomic mass is 9.91. The van der Waals surface area contributed by atoms with E-state index in [9.17, 15) is 9.59 Å². The number of hydrogen-bond acceptors (Lipinski definition) is 2. The van der Waals surface area contributed by atoms with Crippen LogP contribution in [-0.2, 0) is 0 Å². The SMILES string of the molecule is Cc1cc(C)c2[nH]c(=O)c(C(=O)NCCCC(C)(C)C)cc2c1. The molecule has 1 heterocycles. The van der Waals surface area contributed by atoms with Gasteiger partial charge >= 0.3 is 0 Å². The number of amides is 1. The average molecular weight is 314 g/mol. The highest BCUT2D eigenvalue weighted by molar-refractivity contribution is 5.97. The van der Waals surface area contributed by atoms with E-state index >= 15 is 0 Å². The molecule has 0 unspecified atom stereocenters. The molecule has 0 aliphatic heterocycles. The predicted molar refractivity (Wildman–Crippen MR) is 95.1 cm³/mol. The van der Waals surface area contributed by atoms with Crippen molar-refractivity contribution < 1.29 is 4.79 Å². The molecule has 0 aliphatic rings. The van der Waals surface area contributed by atoms with Crippen LogP contribution in [0.25, 0.3) is 10.9 Å². The summed E-state index contributed by atoms with van der Waals surface area (Å²) in [5.74, 6) is -0.304. The van der Waals surface area contributed by atoms with Gasteiger partial charge in [0.05, 0.1) is 5.52 Å². The first-order valence-electron chi connectivity index (χ1n) is 8.10. The number of aromatic amines is 1. The second-order valence-corrected chi connectivity index (χ2v) is 7.48. The maximum atomic E-state index is 12.3. The van der Waals surface area contributed by atoms with Gasteiger partial charge in [-0.1, -0.05) is 32.4 Å². The number of rotatable bonds is 4. The zero-order chi connectivity index (χ0) is 17.2. The Bertz CT molecular complexity index is 782. The number of hydrogen-bond donors (Lipinski definition) is 2. The molecule has 23 heavy (non-hydrogen) atoms. The number of pyridine rings is 1. The van der Waals surface area contributed by atoms with E-state index in [1.54, 1.807) is 6.07 Å². The third-order valence-corrected chi connectivity index (χ3v) is 3.93. The van der Waals surface area contributed by atoms with Crippen LogP contribution in [0, 0.1) is 19.3 Å². The largest absolute Gasteiger partial charge is 0.352 e. The van der Waals surface area contributed by atoms with E-state index in [0.717, 1.165) is 34.9 Å².